The highest BCUT2D eigenvalue weighted by Crippen LogP contribution is 2.07. The molecule has 20 heavy (non-hydrogen) atoms. The summed E-state index contributed by atoms with van der Waals surface area (Å²) in [5, 5.41) is 8.73. The van der Waals surface area contributed by atoms with Crippen molar-refractivity contribution in [2.75, 3.05) is 13.1 Å². The molecule has 0 aromatic carbocycles. The van der Waals surface area contributed by atoms with Gasteiger partial charge in [0.1, 0.15) is 25.3 Å². The van der Waals surface area contributed by atoms with Crippen LogP contribution in [0.1, 0.15) is 10.5 Å². The number of rotatable bonds is 7. The summed E-state index contributed by atoms with van der Waals surface area (Å²) in [6, 6.07) is 2.85. The van der Waals surface area contributed by atoms with E-state index < -0.39 is 43.3 Å². The van der Waals surface area contributed by atoms with Gasteiger partial charge in [0.2, 0.25) is 11.8 Å². The second kappa shape index (κ2) is 6.36. The van der Waals surface area contributed by atoms with Crippen molar-refractivity contribution in [3.63, 3.8) is 0 Å². The first-order valence-corrected chi connectivity index (χ1v) is 5.54. The van der Waals surface area contributed by atoms with Crippen molar-refractivity contribution in [3.8, 4) is 0 Å². The van der Waals surface area contributed by atoms with Crippen LogP contribution in [0.15, 0.2) is 18.3 Å². The lowest BCUT2D eigenvalue weighted by molar-refractivity contribution is -0.137. The zero-order chi connectivity index (χ0) is 15.3. The number of nitrogens with two attached hydrogens (primary N) is 2. The van der Waals surface area contributed by atoms with Gasteiger partial charge < -0.3 is 26.0 Å². The standard InChI is InChI=1S/C11H14N4O5/c12-8(16)4-15(5-9(13)17)11(20)7-2-1-3-14(7)6-10(18)19/h1-3H,4-6H2,(H2,12,16)(H2,13,17)(H,18,19). The minimum absolute atomic E-state index is 0.0231. The van der Waals surface area contributed by atoms with Crippen molar-refractivity contribution in [1.82, 2.24) is 9.47 Å². The van der Waals surface area contributed by atoms with Gasteiger partial charge in [0.25, 0.3) is 5.91 Å². The third-order valence-corrected chi connectivity index (χ3v) is 2.33. The highest BCUT2D eigenvalue weighted by atomic mass is 16.4. The van der Waals surface area contributed by atoms with Crippen LogP contribution in [0, 0.1) is 0 Å². The molecular formula is C11H14N4O5. The van der Waals surface area contributed by atoms with Gasteiger partial charge in [-0.15, -0.1) is 0 Å². The van der Waals surface area contributed by atoms with Crippen LogP contribution in [0.5, 0.6) is 0 Å². The first-order chi connectivity index (χ1) is 9.31. The third-order valence-electron chi connectivity index (χ3n) is 2.33. The van der Waals surface area contributed by atoms with E-state index in [4.69, 9.17) is 16.6 Å². The SMILES string of the molecule is NC(=O)CN(CC(N)=O)C(=O)c1cccn1CC(=O)O. The maximum atomic E-state index is 12.2. The molecule has 0 saturated heterocycles. The molecule has 1 aromatic rings. The minimum atomic E-state index is -1.13. The van der Waals surface area contributed by atoms with E-state index in [2.05, 4.69) is 0 Å². The second-order valence-corrected chi connectivity index (χ2v) is 4.01. The summed E-state index contributed by atoms with van der Waals surface area (Å²) in [5.41, 5.74) is 10.0. The zero-order valence-electron chi connectivity index (χ0n) is 10.5. The number of amides is 3. The lowest BCUT2D eigenvalue weighted by Crippen LogP contribution is -2.44. The summed E-state index contributed by atoms with van der Waals surface area (Å²) >= 11 is 0. The average Bonchev–Trinajstić information content (AvgIpc) is 2.73. The monoisotopic (exact) mass is 282 g/mol. The van der Waals surface area contributed by atoms with Crippen LogP contribution in [0.2, 0.25) is 0 Å². The average molecular weight is 282 g/mol. The number of carbonyl (C=O) groups is 4. The third kappa shape index (κ3) is 4.12. The molecule has 0 unspecified atom stereocenters. The molecule has 9 nitrogen and oxygen atoms in total. The van der Waals surface area contributed by atoms with E-state index >= 15 is 0 Å². The Morgan fingerprint density at radius 1 is 1.15 bits per heavy atom. The van der Waals surface area contributed by atoms with Gasteiger partial charge in [-0.2, -0.15) is 0 Å². The van der Waals surface area contributed by atoms with Gasteiger partial charge in [-0.05, 0) is 12.1 Å². The van der Waals surface area contributed by atoms with Crippen molar-refractivity contribution in [3.05, 3.63) is 24.0 Å². The Balaban J connectivity index is 2.99. The van der Waals surface area contributed by atoms with Crippen molar-refractivity contribution in [2.45, 2.75) is 6.54 Å². The summed E-state index contributed by atoms with van der Waals surface area (Å²) in [4.78, 5) is 45.5. The summed E-state index contributed by atoms with van der Waals surface area (Å²) in [5.74, 6) is -3.45. The molecule has 0 aliphatic carbocycles. The Morgan fingerprint density at radius 2 is 1.70 bits per heavy atom. The molecule has 0 aliphatic heterocycles. The lowest BCUT2D eigenvalue weighted by Gasteiger charge is -2.20. The molecule has 0 atom stereocenters. The zero-order valence-corrected chi connectivity index (χ0v) is 10.5. The molecule has 1 heterocycles. The van der Waals surface area contributed by atoms with Gasteiger partial charge in [-0.25, -0.2) is 0 Å². The fourth-order valence-corrected chi connectivity index (χ4v) is 1.63. The Kier molecular flexibility index (Phi) is 4.84. The number of carboxylic acid groups (broad SMARTS) is 1. The Labute approximate surface area is 113 Å². The number of nitrogens with zero attached hydrogens (tertiary/aromatic N) is 2. The van der Waals surface area contributed by atoms with Crippen LogP contribution in [0.4, 0.5) is 0 Å². The van der Waals surface area contributed by atoms with Crippen molar-refractivity contribution in [2.24, 2.45) is 11.5 Å². The molecule has 0 saturated carbocycles. The number of hydrogen-bond acceptors (Lipinski definition) is 4. The first kappa shape index (κ1) is 15.2. The second-order valence-electron chi connectivity index (χ2n) is 4.01. The minimum Gasteiger partial charge on any atom is -0.480 e. The van der Waals surface area contributed by atoms with Crippen molar-refractivity contribution < 1.29 is 24.3 Å². The Hall–Kier alpha value is -2.84. The molecular weight excluding hydrogens is 268 g/mol. The predicted octanol–water partition coefficient (Wildman–Crippen LogP) is -2.01. The van der Waals surface area contributed by atoms with Gasteiger partial charge in [0.05, 0.1) is 0 Å². The van der Waals surface area contributed by atoms with Gasteiger partial charge in [0, 0.05) is 6.20 Å². The molecule has 1 aromatic heterocycles. The molecule has 5 N–H and O–H groups in total. The summed E-state index contributed by atoms with van der Waals surface area (Å²) in [6.07, 6.45) is 1.40. The Morgan fingerprint density at radius 3 is 2.15 bits per heavy atom. The summed E-state index contributed by atoms with van der Waals surface area (Å²) in [7, 11) is 0. The maximum Gasteiger partial charge on any atom is 0.323 e. The number of aliphatic carboxylic acids is 1. The smallest absolute Gasteiger partial charge is 0.323 e. The summed E-state index contributed by atoms with van der Waals surface area (Å²) < 4.78 is 1.18. The lowest BCUT2D eigenvalue weighted by atomic mass is 10.3. The van der Waals surface area contributed by atoms with E-state index in [-0.39, 0.29) is 5.69 Å². The molecule has 9 heteroatoms. The van der Waals surface area contributed by atoms with Gasteiger partial charge in [0.15, 0.2) is 0 Å². The van der Waals surface area contributed by atoms with Gasteiger partial charge >= 0.3 is 5.97 Å². The fraction of sp³-hybridized carbons (Fsp3) is 0.273. The fourth-order valence-electron chi connectivity index (χ4n) is 1.63. The largest absolute Gasteiger partial charge is 0.480 e. The molecule has 3 amide bonds. The molecule has 0 spiro atoms. The van der Waals surface area contributed by atoms with Crippen molar-refractivity contribution in [1.29, 1.82) is 0 Å². The van der Waals surface area contributed by atoms with Gasteiger partial charge in [-0.1, -0.05) is 0 Å². The van der Waals surface area contributed by atoms with E-state index in [0.717, 1.165) is 4.90 Å². The van der Waals surface area contributed by atoms with Crippen molar-refractivity contribution >= 4 is 23.7 Å². The first-order valence-electron chi connectivity index (χ1n) is 5.54. The van der Waals surface area contributed by atoms with E-state index in [0.29, 0.717) is 0 Å². The van der Waals surface area contributed by atoms with Crippen LogP contribution >= 0.6 is 0 Å². The number of primary amides is 2. The molecule has 108 valence electrons. The highest BCUT2D eigenvalue weighted by Gasteiger charge is 2.22. The number of hydrogen-bond donors (Lipinski definition) is 3. The highest BCUT2D eigenvalue weighted by molar-refractivity contribution is 5.97. The van der Waals surface area contributed by atoms with E-state index in [1.165, 1.54) is 22.9 Å². The van der Waals surface area contributed by atoms with E-state index in [9.17, 15) is 19.2 Å². The van der Waals surface area contributed by atoms with E-state index in [1.54, 1.807) is 0 Å². The molecule has 0 radical (unpaired) electrons. The maximum absolute atomic E-state index is 12.2. The van der Waals surface area contributed by atoms with E-state index in [1.807, 2.05) is 0 Å². The quantitative estimate of drug-likeness (QED) is 0.528. The molecule has 0 aliphatic rings. The number of carboxylic acids is 1. The van der Waals surface area contributed by atoms with Crippen LogP contribution in [-0.2, 0) is 20.9 Å². The van der Waals surface area contributed by atoms with Gasteiger partial charge in [-0.3, -0.25) is 19.2 Å². The predicted molar refractivity (Wildman–Crippen MR) is 66.4 cm³/mol. The van der Waals surface area contributed by atoms with Crippen LogP contribution in [-0.4, -0.2) is 51.4 Å². The number of aromatic nitrogens is 1. The van der Waals surface area contributed by atoms with Crippen LogP contribution < -0.4 is 11.5 Å². The topological polar surface area (TPSA) is 149 Å². The Bertz CT molecular complexity index is 535. The normalized spacial score (nSPS) is 10.0. The molecule has 0 bridgehead atoms. The molecule has 0 fully saturated rings. The molecule has 1 rings (SSSR count). The van der Waals surface area contributed by atoms with Crippen LogP contribution in [0.3, 0.4) is 0 Å². The van der Waals surface area contributed by atoms with Crippen LogP contribution in [0.25, 0.3) is 0 Å². The number of carbonyl (C=O) groups excluding carboxylic acids is 3. The summed E-state index contributed by atoms with van der Waals surface area (Å²) in [6.45, 7) is -1.39.